The van der Waals surface area contributed by atoms with Crippen molar-refractivity contribution < 1.29 is 28.6 Å². The standard InChI is InChI=1S/C25H30FIO5S/c1-5-20(30)32-25(21(31)33-13-27)14(2)10-18-17-7-6-15-11-16(28)8-9-22(15,3)24(17,26)19(29)12-23(18,25)4/h8-9,11,17-19,29H,2,5-7,10,12-13H2,1,3-4H3/t17-,18-,19-,22-,23-,24-,25-/m0/s1. The van der Waals surface area contributed by atoms with Gasteiger partial charge in [0.25, 0.3) is 0 Å². The van der Waals surface area contributed by atoms with E-state index in [0.29, 0.717) is 34.2 Å². The lowest BCUT2D eigenvalue weighted by Crippen LogP contribution is -2.69. The highest BCUT2D eigenvalue weighted by Crippen LogP contribution is 2.71. The lowest BCUT2D eigenvalue weighted by molar-refractivity contribution is -0.220. The summed E-state index contributed by atoms with van der Waals surface area (Å²) in [6.45, 7) is 9.44. The molecule has 33 heavy (non-hydrogen) atoms. The van der Waals surface area contributed by atoms with Gasteiger partial charge in [0.05, 0.1) is 9.86 Å². The Bertz CT molecular complexity index is 993. The van der Waals surface area contributed by atoms with E-state index in [2.05, 4.69) is 29.2 Å². The third-order valence-electron chi connectivity index (χ3n) is 8.83. The van der Waals surface area contributed by atoms with Crippen molar-refractivity contribution in [2.24, 2.45) is 22.7 Å². The van der Waals surface area contributed by atoms with Gasteiger partial charge >= 0.3 is 5.97 Å². The molecule has 4 rings (SSSR count). The highest BCUT2D eigenvalue weighted by atomic mass is 127. The maximum Gasteiger partial charge on any atom is 0.306 e. The summed E-state index contributed by atoms with van der Waals surface area (Å²) in [5.74, 6) is -1.60. The molecule has 0 radical (unpaired) electrons. The predicted octanol–water partition coefficient (Wildman–Crippen LogP) is 4.87. The first-order valence-electron chi connectivity index (χ1n) is 11.4. The van der Waals surface area contributed by atoms with Crippen LogP contribution in [-0.4, -0.2) is 43.1 Å². The maximum atomic E-state index is 17.2. The molecular weight excluding hydrogens is 558 g/mol. The summed E-state index contributed by atoms with van der Waals surface area (Å²) >= 11 is 3.14. The van der Waals surface area contributed by atoms with Crippen molar-refractivity contribution in [3.63, 3.8) is 0 Å². The molecule has 0 aromatic rings. The summed E-state index contributed by atoms with van der Waals surface area (Å²) in [6, 6.07) is 0. The zero-order valence-corrected chi connectivity index (χ0v) is 22.1. The van der Waals surface area contributed by atoms with Gasteiger partial charge in [-0.1, -0.05) is 66.4 Å². The smallest absolute Gasteiger partial charge is 0.306 e. The van der Waals surface area contributed by atoms with Crippen LogP contribution in [-0.2, 0) is 19.1 Å². The molecule has 0 aliphatic heterocycles. The van der Waals surface area contributed by atoms with E-state index < -0.39 is 40.1 Å². The number of aliphatic hydroxyl groups is 1. The summed E-state index contributed by atoms with van der Waals surface area (Å²) < 4.78 is 23.7. The second-order valence-electron chi connectivity index (χ2n) is 10.1. The topological polar surface area (TPSA) is 80.7 Å². The zero-order valence-electron chi connectivity index (χ0n) is 19.2. The minimum atomic E-state index is -2.01. The van der Waals surface area contributed by atoms with E-state index in [0.717, 1.165) is 11.8 Å². The number of rotatable bonds is 4. The third kappa shape index (κ3) is 3.15. The molecule has 5 nitrogen and oxygen atoms in total. The Morgan fingerprint density at radius 1 is 1.36 bits per heavy atom. The zero-order chi connectivity index (χ0) is 24.4. The number of ketones is 1. The fraction of sp³-hybridized carbons (Fsp3) is 0.640. The molecule has 0 aromatic heterocycles. The molecule has 180 valence electrons. The molecule has 0 aromatic carbocycles. The average Bonchev–Trinajstić information content (AvgIpc) is 2.97. The van der Waals surface area contributed by atoms with Crippen LogP contribution in [0.2, 0.25) is 0 Å². The van der Waals surface area contributed by atoms with Crippen molar-refractivity contribution in [2.75, 3.05) is 3.76 Å². The van der Waals surface area contributed by atoms with E-state index in [4.69, 9.17) is 4.74 Å². The van der Waals surface area contributed by atoms with Crippen molar-refractivity contribution >= 4 is 51.2 Å². The van der Waals surface area contributed by atoms with Crippen LogP contribution < -0.4 is 0 Å². The molecule has 3 saturated carbocycles. The Morgan fingerprint density at radius 3 is 2.70 bits per heavy atom. The molecule has 4 aliphatic rings. The molecular formula is C25H30FIO5S. The third-order valence-corrected chi connectivity index (χ3v) is 10.4. The SMILES string of the molecule is C=C1C[C@H]2[C@@H]3CCC4=CC(=O)C=C[C@]4(C)[C@@]3(F)[C@@H](O)C[C@]2(C)[C@@]1(OC(=O)CC)C(=O)SCI. The molecule has 8 heteroatoms. The van der Waals surface area contributed by atoms with E-state index in [9.17, 15) is 19.5 Å². The predicted molar refractivity (Wildman–Crippen MR) is 133 cm³/mol. The maximum absolute atomic E-state index is 17.2. The van der Waals surface area contributed by atoms with Gasteiger partial charge in [-0.2, -0.15) is 0 Å². The first-order chi connectivity index (χ1) is 15.4. The van der Waals surface area contributed by atoms with Gasteiger partial charge in [-0.15, -0.1) is 0 Å². The fourth-order valence-electron chi connectivity index (χ4n) is 7.16. The Balaban J connectivity index is 1.85. The van der Waals surface area contributed by atoms with Crippen molar-refractivity contribution in [1.82, 2.24) is 0 Å². The first-order valence-corrected chi connectivity index (χ1v) is 13.9. The molecule has 0 unspecified atom stereocenters. The van der Waals surface area contributed by atoms with Crippen LogP contribution in [0.4, 0.5) is 4.39 Å². The van der Waals surface area contributed by atoms with Gasteiger partial charge in [0.2, 0.25) is 10.7 Å². The van der Waals surface area contributed by atoms with E-state index in [1.165, 1.54) is 12.2 Å². The quantitative estimate of drug-likeness (QED) is 0.219. The van der Waals surface area contributed by atoms with E-state index >= 15 is 4.39 Å². The first kappa shape index (κ1) is 25.1. The van der Waals surface area contributed by atoms with Crippen LogP contribution in [0.3, 0.4) is 0 Å². The molecule has 7 atom stereocenters. The number of alkyl halides is 2. The van der Waals surface area contributed by atoms with Crippen molar-refractivity contribution in [1.29, 1.82) is 0 Å². The lowest BCUT2D eigenvalue weighted by Gasteiger charge is -2.62. The molecule has 0 saturated heterocycles. The van der Waals surface area contributed by atoms with E-state index in [-0.39, 0.29) is 29.7 Å². The van der Waals surface area contributed by atoms with Crippen molar-refractivity contribution in [2.45, 2.75) is 70.2 Å². The summed E-state index contributed by atoms with van der Waals surface area (Å²) in [7, 11) is 0. The van der Waals surface area contributed by atoms with Crippen LogP contribution in [0.1, 0.15) is 52.9 Å². The van der Waals surface area contributed by atoms with Gasteiger partial charge in [-0.3, -0.25) is 14.4 Å². The number of allylic oxidation sites excluding steroid dienone is 4. The molecule has 0 bridgehead atoms. The van der Waals surface area contributed by atoms with Crippen molar-refractivity contribution in [3.8, 4) is 0 Å². The summed E-state index contributed by atoms with van der Waals surface area (Å²) in [4.78, 5) is 38.1. The van der Waals surface area contributed by atoms with Crippen LogP contribution in [0.25, 0.3) is 0 Å². The number of ether oxygens (including phenoxy) is 1. The van der Waals surface area contributed by atoms with Gasteiger partial charge in [-0.25, -0.2) is 4.39 Å². The minimum Gasteiger partial charge on any atom is -0.445 e. The van der Waals surface area contributed by atoms with E-state index in [1.54, 1.807) is 19.9 Å². The number of fused-ring (bicyclic) bond motifs is 5. The van der Waals surface area contributed by atoms with Crippen LogP contribution >= 0.6 is 34.4 Å². The van der Waals surface area contributed by atoms with Gasteiger partial charge in [-0.05, 0) is 56.3 Å². The Morgan fingerprint density at radius 2 is 2.06 bits per heavy atom. The number of halogens is 2. The highest BCUT2D eigenvalue weighted by Gasteiger charge is 2.76. The lowest BCUT2D eigenvalue weighted by atomic mass is 9.45. The Hall–Kier alpha value is -1.00. The molecule has 0 spiro atoms. The number of esters is 1. The van der Waals surface area contributed by atoms with Gasteiger partial charge < -0.3 is 9.84 Å². The van der Waals surface area contributed by atoms with Gasteiger partial charge in [0.15, 0.2) is 11.5 Å². The Kier molecular flexibility index (Phi) is 6.31. The average molecular weight is 588 g/mol. The van der Waals surface area contributed by atoms with Crippen LogP contribution in [0.15, 0.2) is 36.0 Å². The Labute approximate surface area is 211 Å². The summed E-state index contributed by atoms with van der Waals surface area (Å²) in [5, 5.41) is 11.1. The van der Waals surface area contributed by atoms with Gasteiger partial charge in [0, 0.05) is 23.2 Å². The number of hydrogen-bond donors (Lipinski definition) is 1. The largest absolute Gasteiger partial charge is 0.445 e. The van der Waals surface area contributed by atoms with Crippen LogP contribution in [0.5, 0.6) is 0 Å². The highest BCUT2D eigenvalue weighted by molar-refractivity contribution is 14.1. The summed E-state index contributed by atoms with van der Waals surface area (Å²) in [6.07, 6.45) is 4.46. The number of hydrogen-bond acceptors (Lipinski definition) is 6. The summed E-state index contributed by atoms with van der Waals surface area (Å²) in [5.41, 5.74) is -4.53. The monoisotopic (exact) mass is 588 g/mol. The number of aliphatic hydroxyl groups excluding tert-OH is 1. The second-order valence-corrected chi connectivity index (χ2v) is 12.9. The number of thioether (sulfide) groups is 1. The molecule has 3 fully saturated rings. The fourth-order valence-corrected chi connectivity index (χ4v) is 8.73. The number of carbonyl (C=O) groups excluding carboxylic acids is 3. The molecule has 0 heterocycles. The number of carbonyl (C=O) groups is 3. The molecule has 1 N–H and O–H groups in total. The van der Waals surface area contributed by atoms with Crippen LogP contribution in [0, 0.1) is 22.7 Å². The van der Waals surface area contributed by atoms with E-state index in [1.807, 2.05) is 6.92 Å². The van der Waals surface area contributed by atoms with Gasteiger partial charge in [0.1, 0.15) is 0 Å². The second kappa shape index (κ2) is 8.29. The molecule has 0 amide bonds. The van der Waals surface area contributed by atoms with Crippen molar-refractivity contribution in [3.05, 3.63) is 36.0 Å². The normalized spacial score (nSPS) is 43.9. The minimum absolute atomic E-state index is 0.0428. The molecule has 4 aliphatic carbocycles.